The highest BCUT2D eigenvalue weighted by atomic mass is 19.1. The van der Waals surface area contributed by atoms with E-state index in [0.29, 0.717) is 10.8 Å². The van der Waals surface area contributed by atoms with E-state index in [1.54, 1.807) is 6.07 Å². The number of hydrogen-bond acceptors (Lipinski definition) is 1. The Hall–Kier alpha value is -1.64. The van der Waals surface area contributed by atoms with Crippen LogP contribution in [0.25, 0.3) is 10.8 Å². The van der Waals surface area contributed by atoms with E-state index in [4.69, 9.17) is 4.74 Å². The van der Waals surface area contributed by atoms with Gasteiger partial charge in [-0.3, -0.25) is 0 Å². The zero-order valence-corrected chi connectivity index (χ0v) is 15.7. The van der Waals surface area contributed by atoms with E-state index in [1.165, 1.54) is 45.3 Å². The molecule has 2 saturated carbocycles. The summed E-state index contributed by atoms with van der Waals surface area (Å²) in [6.07, 6.45) is 8.62. The molecule has 0 bridgehead atoms. The van der Waals surface area contributed by atoms with Crippen molar-refractivity contribution in [1.29, 1.82) is 0 Å². The maximum atomic E-state index is 15.2. The molecule has 0 N–H and O–H groups in total. The summed E-state index contributed by atoms with van der Waals surface area (Å²) in [6.45, 7) is 2.30. The van der Waals surface area contributed by atoms with Gasteiger partial charge in [0, 0.05) is 5.39 Å². The van der Waals surface area contributed by atoms with Crippen LogP contribution in [0.4, 0.5) is 8.78 Å². The number of methoxy groups -OCH3 is 1. The van der Waals surface area contributed by atoms with E-state index in [-0.39, 0.29) is 17.5 Å². The van der Waals surface area contributed by atoms with Gasteiger partial charge < -0.3 is 4.74 Å². The Balaban J connectivity index is 1.60. The van der Waals surface area contributed by atoms with Crippen LogP contribution in [0.2, 0.25) is 0 Å². The summed E-state index contributed by atoms with van der Waals surface area (Å²) in [7, 11) is 1.43. The standard InChI is InChI=1S/C23H28F2O/c1-3-14-4-5-16-11-17(7-6-15(16)10-14)19-9-8-18-12-22(26-2)21(24)13-20(18)23(19)25/h8-9,12-17H,3-7,10-11H2,1-2H3/t14?,15-,16?,17-/m1/s1. The fourth-order valence-electron chi connectivity index (χ4n) is 5.42. The van der Waals surface area contributed by atoms with Crippen LogP contribution in [-0.2, 0) is 0 Å². The highest BCUT2D eigenvalue weighted by molar-refractivity contribution is 5.85. The molecule has 4 atom stereocenters. The molecule has 4 rings (SSSR count). The van der Waals surface area contributed by atoms with Crippen LogP contribution in [-0.4, -0.2) is 7.11 Å². The van der Waals surface area contributed by atoms with Crippen LogP contribution in [0, 0.1) is 29.4 Å². The number of halogens is 2. The molecule has 2 aromatic carbocycles. The third-order valence-corrected chi connectivity index (χ3v) is 7.00. The molecule has 0 aliphatic heterocycles. The van der Waals surface area contributed by atoms with Gasteiger partial charge in [0.15, 0.2) is 11.6 Å². The van der Waals surface area contributed by atoms with Gasteiger partial charge in [-0.1, -0.05) is 31.9 Å². The predicted octanol–water partition coefficient (Wildman–Crippen LogP) is 6.84. The average molecular weight is 358 g/mol. The molecule has 0 spiro atoms. The first-order valence-electron chi connectivity index (χ1n) is 10.1. The Morgan fingerprint density at radius 3 is 2.54 bits per heavy atom. The summed E-state index contributed by atoms with van der Waals surface area (Å²) in [5, 5.41) is 1.07. The Morgan fingerprint density at radius 1 is 1.00 bits per heavy atom. The summed E-state index contributed by atoms with van der Waals surface area (Å²) >= 11 is 0. The summed E-state index contributed by atoms with van der Waals surface area (Å²) in [4.78, 5) is 0. The summed E-state index contributed by atoms with van der Waals surface area (Å²) in [6, 6.07) is 6.69. The van der Waals surface area contributed by atoms with Crippen LogP contribution in [0.3, 0.4) is 0 Å². The summed E-state index contributed by atoms with van der Waals surface area (Å²) < 4.78 is 34.3. The normalized spacial score (nSPS) is 28.8. The minimum atomic E-state index is -0.502. The zero-order valence-electron chi connectivity index (χ0n) is 15.7. The van der Waals surface area contributed by atoms with Crippen molar-refractivity contribution in [3.05, 3.63) is 41.5 Å². The SMILES string of the molecule is CCC1CCC2C[C@H](c3ccc4cc(OC)c(F)cc4c3F)CC[C@@H]2C1. The Bertz CT molecular complexity index is 800. The van der Waals surface area contributed by atoms with Crippen molar-refractivity contribution in [3.8, 4) is 5.75 Å². The molecule has 140 valence electrons. The lowest BCUT2D eigenvalue weighted by Gasteiger charge is -2.42. The number of hydrogen-bond donors (Lipinski definition) is 0. The average Bonchev–Trinajstić information content (AvgIpc) is 2.67. The largest absolute Gasteiger partial charge is 0.494 e. The van der Waals surface area contributed by atoms with E-state index in [9.17, 15) is 4.39 Å². The molecule has 2 aliphatic carbocycles. The second-order valence-electron chi connectivity index (χ2n) is 8.29. The van der Waals surface area contributed by atoms with E-state index < -0.39 is 5.82 Å². The molecule has 1 nitrogen and oxygen atoms in total. The lowest BCUT2D eigenvalue weighted by Crippen LogP contribution is -2.30. The van der Waals surface area contributed by atoms with Crippen molar-refractivity contribution in [2.75, 3.05) is 7.11 Å². The molecule has 2 unspecified atom stereocenters. The quantitative estimate of drug-likeness (QED) is 0.584. The molecular formula is C23H28F2O. The second-order valence-corrected chi connectivity index (χ2v) is 8.29. The predicted molar refractivity (Wildman–Crippen MR) is 102 cm³/mol. The van der Waals surface area contributed by atoms with E-state index in [0.717, 1.165) is 36.2 Å². The molecule has 0 radical (unpaired) electrons. The minimum Gasteiger partial charge on any atom is -0.494 e. The first-order chi connectivity index (χ1) is 12.6. The van der Waals surface area contributed by atoms with Crippen molar-refractivity contribution >= 4 is 10.8 Å². The molecule has 0 amide bonds. The molecule has 0 aromatic heterocycles. The summed E-state index contributed by atoms with van der Waals surface area (Å²) in [5.74, 6) is 2.15. The molecule has 2 aliphatic rings. The highest BCUT2D eigenvalue weighted by Crippen LogP contribution is 2.48. The third kappa shape index (κ3) is 3.10. The Labute approximate surface area is 154 Å². The van der Waals surface area contributed by atoms with Crippen LogP contribution < -0.4 is 4.74 Å². The first kappa shape index (κ1) is 17.8. The molecular weight excluding hydrogens is 330 g/mol. The third-order valence-electron chi connectivity index (χ3n) is 7.00. The minimum absolute atomic E-state index is 0.165. The number of benzene rings is 2. The Kier molecular flexibility index (Phi) is 4.90. The van der Waals surface area contributed by atoms with E-state index >= 15 is 4.39 Å². The van der Waals surface area contributed by atoms with Crippen LogP contribution in [0.15, 0.2) is 24.3 Å². The highest BCUT2D eigenvalue weighted by Gasteiger charge is 2.36. The second kappa shape index (κ2) is 7.17. The van der Waals surface area contributed by atoms with E-state index in [2.05, 4.69) is 6.92 Å². The maximum absolute atomic E-state index is 15.2. The number of ether oxygens (including phenoxy) is 1. The maximum Gasteiger partial charge on any atom is 0.165 e. The fourth-order valence-corrected chi connectivity index (χ4v) is 5.42. The van der Waals surface area contributed by atoms with Gasteiger partial charge >= 0.3 is 0 Å². The fraction of sp³-hybridized carbons (Fsp3) is 0.565. The van der Waals surface area contributed by atoms with Crippen molar-refractivity contribution in [2.24, 2.45) is 17.8 Å². The van der Waals surface area contributed by atoms with E-state index in [1.807, 2.05) is 12.1 Å². The van der Waals surface area contributed by atoms with Gasteiger partial charge in [0.2, 0.25) is 0 Å². The number of rotatable bonds is 3. The van der Waals surface area contributed by atoms with Gasteiger partial charge in [0.05, 0.1) is 7.11 Å². The van der Waals surface area contributed by atoms with Gasteiger partial charge in [-0.15, -0.1) is 0 Å². The van der Waals surface area contributed by atoms with Gasteiger partial charge in [0.1, 0.15) is 5.82 Å². The number of fused-ring (bicyclic) bond motifs is 2. The lowest BCUT2D eigenvalue weighted by molar-refractivity contribution is 0.116. The smallest absolute Gasteiger partial charge is 0.165 e. The lowest BCUT2D eigenvalue weighted by atomic mass is 9.63. The molecule has 0 saturated heterocycles. The van der Waals surface area contributed by atoms with Crippen molar-refractivity contribution < 1.29 is 13.5 Å². The van der Waals surface area contributed by atoms with Gasteiger partial charge in [-0.25, -0.2) is 8.78 Å². The van der Waals surface area contributed by atoms with Crippen molar-refractivity contribution in [1.82, 2.24) is 0 Å². The molecule has 2 aromatic rings. The monoisotopic (exact) mass is 358 g/mol. The van der Waals surface area contributed by atoms with Crippen molar-refractivity contribution in [2.45, 2.75) is 57.8 Å². The topological polar surface area (TPSA) is 9.23 Å². The zero-order chi connectivity index (χ0) is 18.3. The van der Waals surface area contributed by atoms with Gasteiger partial charge in [-0.05, 0) is 78.9 Å². The molecule has 3 heteroatoms. The Morgan fingerprint density at radius 2 is 1.77 bits per heavy atom. The van der Waals surface area contributed by atoms with Crippen LogP contribution in [0.1, 0.15) is 63.4 Å². The van der Waals surface area contributed by atoms with Crippen LogP contribution >= 0.6 is 0 Å². The van der Waals surface area contributed by atoms with Crippen LogP contribution in [0.5, 0.6) is 5.75 Å². The van der Waals surface area contributed by atoms with Gasteiger partial charge in [0.25, 0.3) is 0 Å². The first-order valence-corrected chi connectivity index (χ1v) is 10.1. The van der Waals surface area contributed by atoms with Crippen molar-refractivity contribution in [3.63, 3.8) is 0 Å². The molecule has 0 heterocycles. The summed E-state index contributed by atoms with van der Waals surface area (Å²) in [5.41, 5.74) is 0.776. The van der Waals surface area contributed by atoms with Gasteiger partial charge in [-0.2, -0.15) is 0 Å². The molecule has 26 heavy (non-hydrogen) atoms. The molecule has 2 fully saturated rings.